The minimum absolute atomic E-state index is 0.766. The zero-order valence-corrected chi connectivity index (χ0v) is 11.4. The lowest BCUT2D eigenvalue weighted by Gasteiger charge is -2.02. The molecule has 0 aromatic heterocycles. The van der Waals surface area contributed by atoms with Gasteiger partial charge in [0.2, 0.25) is 0 Å². The van der Waals surface area contributed by atoms with E-state index in [4.69, 9.17) is 0 Å². The molecule has 0 unspecified atom stereocenters. The monoisotopic (exact) mass is 208 g/mol. The second-order valence-corrected chi connectivity index (χ2v) is 3.79. The van der Waals surface area contributed by atoms with Gasteiger partial charge in [-0.1, -0.05) is 78.3 Å². The molecule has 0 aliphatic rings. The van der Waals surface area contributed by atoms with Gasteiger partial charge >= 0.3 is 0 Å². The zero-order valence-electron chi connectivity index (χ0n) is 11.4. The van der Waals surface area contributed by atoms with Crippen molar-refractivity contribution in [3.63, 3.8) is 0 Å². The Kier molecular flexibility index (Phi) is 14.7. The van der Waals surface area contributed by atoms with Gasteiger partial charge < -0.3 is 0 Å². The second kappa shape index (κ2) is 13.2. The average molecular weight is 208 g/mol. The van der Waals surface area contributed by atoms with Crippen LogP contribution >= 0.6 is 0 Å². The molecule has 0 amide bonds. The Morgan fingerprint density at radius 2 is 1.33 bits per heavy atom. The molecule has 0 aliphatic heterocycles. The van der Waals surface area contributed by atoms with Crippen LogP contribution in [-0.4, -0.2) is 0 Å². The number of benzene rings is 1. The van der Waals surface area contributed by atoms with E-state index in [9.17, 15) is 0 Å². The minimum atomic E-state index is 0.766. The first-order chi connectivity index (χ1) is 7.20. The summed E-state index contributed by atoms with van der Waals surface area (Å²) >= 11 is 0. The molecular formula is C15H28. The highest BCUT2D eigenvalue weighted by Gasteiger charge is 1.94. The van der Waals surface area contributed by atoms with E-state index in [1.165, 1.54) is 18.4 Å². The van der Waals surface area contributed by atoms with Crippen molar-refractivity contribution in [3.8, 4) is 0 Å². The maximum Gasteiger partial charge on any atom is -0.0256 e. The SMILES string of the molecule is CC.CC(C)Cc1ccccc1.CCC. The van der Waals surface area contributed by atoms with Gasteiger partial charge in [-0.25, -0.2) is 0 Å². The van der Waals surface area contributed by atoms with Crippen molar-refractivity contribution >= 4 is 0 Å². The smallest absolute Gasteiger partial charge is 0.0256 e. The van der Waals surface area contributed by atoms with Crippen molar-refractivity contribution in [2.75, 3.05) is 0 Å². The Morgan fingerprint density at radius 1 is 0.933 bits per heavy atom. The summed E-state index contributed by atoms with van der Waals surface area (Å²) < 4.78 is 0. The van der Waals surface area contributed by atoms with Crippen molar-refractivity contribution in [2.24, 2.45) is 5.92 Å². The van der Waals surface area contributed by atoms with Gasteiger partial charge in [0.05, 0.1) is 0 Å². The van der Waals surface area contributed by atoms with Crippen LogP contribution in [0.2, 0.25) is 0 Å². The van der Waals surface area contributed by atoms with E-state index in [0.717, 1.165) is 5.92 Å². The minimum Gasteiger partial charge on any atom is -0.0683 e. The summed E-state index contributed by atoms with van der Waals surface area (Å²) in [5.74, 6) is 0.766. The quantitative estimate of drug-likeness (QED) is 0.616. The van der Waals surface area contributed by atoms with E-state index in [2.05, 4.69) is 58.0 Å². The summed E-state index contributed by atoms with van der Waals surface area (Å²) in [6.07, 6.45) is 2.45. The largest absolute Gasteiger partial charge is 0.0683 e. The Labute approximate surface area is 96.7 Å². The molecule has 0 atom stereocenters. The third kappa shape index (κ3) is 13.2. The molecule has 88 valence electrons. The van der Waals surface area contributed by atoms with Gasteiger partial charge in [-0.3, -0.25) is 0 Å². The molecule has 0 heteroatoms. The van der Waals surface area contributed by atoms with Crippen LogP contribution in [0.1, 0.15) is 53.5 Å². The van der Waals surface area contributed by atoms with Crippen molar-refractivity contribution in [3.05, 3.63) is 35.9 Å². The first-order valence-corrected chi connectivity index (χ1v) is 6.24. The highest BCUT2D eigenvalue weighted by Crippen LogP contribution is 2.05. The molecule has 1 aromatic rings. The van der Waals surface area contributed by atoms with Crippen LogP contribution < -0.4 is 0 Å². The van der Waals surface area contributed by atoms with Crippen molar-refractivity contribution < 1.29 is 0 Å². The van der Waals surface area contributed by atoms with Crippen LogP contribution in [0.4, 0.5) is 0 Å². The van der Waals surface area contributed by atoms with Crippen molar-refractivity contribution in [1.29, 1.82) is 0 Å². The standard InChI is InChI=1S/C10H14.C3H8.C2H6/c1-9(2)8-10-6-4-3-5-7-10;1-3-2;1-2/h3-7,9H,8H2,1-2H3;3H2,1-2H3;1-2H3. The van der Waals surface area contributed by atoms with Gasteiger partial charge in [0.25, 0.3) is 0 Å². The summed E-state index contributed by atoms with van der Waals surface area (Å²) in [7, 11) is 0. The van der Waals surface area contributed by atoms with E-state index >= 15 is 0 Å². The van der Waals surface area contributed by atoms with Crippen LogP contribution in [-0.2, 0) is 6.42 Å². The molecule has 0 fully saturated rings. The van der Waals surface area contributed by atoms with Gasteiger partial charge in [-0.15, -0.1) is 0 Å². The van der Waals surface area contributed by atoms with Crippen molar-refractivity contribution in [1.82, 2.24) is 0 Å². The third-order valence-electron chi connectivity index (χ3n) is 1.49. The van der Waals surface area contributed by atoms with Crippen LogP contribution in [0, 0.1) is 5.92 Å². The molecule has 0 saturated carbocycles. The summed E-state index contributed by atoms with van der Waals surface area (Å²) in [6, 6.07) is 10.6. The molecule has 0 heterocycles. The molecule has 0 bridgehead atoms. The van der Waals surface area contributed by atoms with Crippen LogP contribution in [0.15, 0.2) is 30.3 Å². The summed E-state index contributed by atoms with van der Waals surface area (Å²) in [4.78, 5) is 0. The van der Waals surface area contributed by atoms with Gasteiger partial charge in [0.1, 0.15) is 0 Å². The molecule has 1 rings (SSSR count). The highest BCUT2D eigenvalue weighted by atomic mass is 14.0. The van der Waals surface area contributed by atoms with Crippen LogP contribution in [0.3, 0.4) is 0 Å². The van der Waals surface area contributed by atoms with Gasteiger partial charge in [-0.05, 0) is 17.9 Å². The predicted molar refractivity (Wildman–Crippen MR) is 72.3 cm³/mol. The fourth-order valence-corrected chi connectivity index (χ4v) is 1.09. The average Bonchev–Trinajstić information content (AvgIpc) is 2.22. The van der Waals surface area contributed by atoms with Gasteiger partial charge in [0.15, 0.2) is 0 Å². The lowest BCUT2D eigenvalue weighted by molar-refractivity contribution is 0.647. The maximum absolute atomic E-state index is 2.24. The summed E-state index contributed by atoms with van der Waals surface area (Å²) in [5, 5.41) is 0. The topological polar surface area (TPSA) is 0 Å². The van der Waals surface area contributed by atoms with Gasteiger partial charge in [-0.2, -0.15) is 0 Å². The second-order valence-electron chi connectivity index (χ2n) is 3.79. The summed E-state index contributed by atoms with van der Waals surface area (Å²) in [6.45, 7) is 12.7. The number of hydrogen-bond acceptors (Lipinski definition) is 0. The Hall–Kier alpha value is -0.780. The maximum atomic E-state index is 2.24. The third-order valence-corrected chi connectivity index (χ3v) is 1.49. The number of rotatable bonds is 2. The molecule has 0 aliphatic carbocycles. The fourth-order valence-electron chi connectivity index (χ4n) is 1.09. The lowest BCUT2D eigenvalue weighted by Crippen LogP contribution is -1.92. The molecule has 0 radical (unpaired) electrons. The lowest BCUT2D eigenvalue weighted by atomic mass is 10.0. The Balaban J connectivity index is 0. The molecule has 0 saturated heterocycles. The first kappa shape index (κ1) is 16.6. The van der Waals surface area contributed by atoms with Crippen LogP contribution in [0.5, 0.6) is 0 Å². The molecule has 15 heavy (non-hydrogen) atoms. The van der Waals surface area contributed by atoms with E-state index in [0.29, 0.717) is 0 Å². The normalized spacial score (nSPS) is 8.47. The van der Waals surface area contributed by atoms with E-state index in [1.54, 1.807) is 0 Å². The van der Waals surface area contributed by atoms with Crippen LogP contribution in [0.25, 0.3) is 0 Å². The number of hydrogen-bond donors (Lipinski definition) is 0. The van der Waals surface area contributed by atoms with Crippen molar-refractivity contribution in [2.45, 2.75) is 54.4 Å². The molecule has 1 aromatic carbocycles. The Bertz CT molecular complexity index is 186. The van der Waals surface area contributed by atoms with Gasteiger partial charge in [0, 0.05) is 0 Å². The highest BCUT2D eigenvalue weighted by molar-refractivity contribution is 5.14. The van der Waals surface area contributed by atoms with E-state index < -0.39 is 0 Å². The summed E-state index contributed by atoms with van der Waals surface area (Å²) in [5.41, 5.74) is 1.44. The molecule has 0 spiro atoms. The molecule has 0 nitrogen and oxygen atoms in total. The predicted octanol–water partition coefficient (Wildman–Crippen LogP) is 5.33. The fraction of sp³-hybridized carbons (Fsp3) is 0.600. The zero-order chi connectivity index (χ0) is 12.1. The molecular weight excluding hydrogens is 180 g/mol. The first-order valence-electron chi connectivity index (χ1n) is 6.24. The Morgan fingerprint density at radius 3 is 1.67 bits per heavy atom. The molecule has 0 N–H and O–H groups in total. The van der Waals surface area contributed by atoms with E-state index in [1.807, 2.05) is 13.8 Å². The van der Waals surface area contributed by atoms with E-state index in [-0.39, 0.29) is 0 Å².